The molecule has 3 N–H and O–H groups in total. The Morgan fingerprint density at radius 1 is 0.500 bits per heavy atom. The lowest BCUT2D eigenvalue weighted by atomic mass is 10.0. The minimum Gasteiger partial charge on any atom is -0.350 e. The molecule has 3 saturated heterocycles. The maximum atomic E-state index is 14.0. The number of nitriles is 3. The van der Waals surface area contributed by atoms with Crippen molar-refractivity contribution in [3.63, 3.8) is 0 Å². The van der Waals surface area contributed by atoms with Crippen molar-refractivity contribution >= 4 is 70.7 Å². The second-order valence-electron chi connectivity index (χ2n) is 26.6. The summed E-state index contributed by atoms with van der Waals surface area (Å²) in [7, 11) is 12.3. The second-order valence-corrected chi connectivity index (χ2v) is 26.6. The molecule has 0 spiro atoms. The molecular weight excluding hydrogens is 1430 g/mol. The first kappa shape index (κ1) is 74.5. The van der Waals surface area contributed by atoms with Crippen LogP contribution in [0, 0.1) is 51.4 Å². The number of carbonyl (C=O) groups excluding carboxylic acids is 6. The van der Waals surface area contributed by atoms with Crippen molar-refractivity contribution in [1.29, 1.82) is 15.8 Å². The molecule has 6 aromatic heterocycles. The minimum atomic E-state index is -2.22. The molecule has 1 saturated carbocycles. The molecule has 0 radical (unpaired) electrons. The molecular formula is C74H86F3N21O12. The third kappa shape index (κ3) is 18.8. The van der Waals surface area contributed by atoms with E-state index >= 15 is 0 Å². The van der Waals surface area contributed by atoms with Crippen LogP contribution < -0.4 is 30.7 Å². The monoisotopic (exact) mass is 1520 g/mol. The SMILES string of the molecule is COC(OC)c1nc2c(cc1CN1CCN(C3CC3)CC1=O)CCCN2C(=O)Nc1cc(F)c(C#N)cn1.[2H]C([2H])(c1cc2c(nc1C(OC)OC)N(C(=O)Nc1cc(F)c(C#N)cn1)CCC2)N1CCN(C)CC1=O.[2H]C1([2H])CCN(C(=O)Nc2cc(F)c(C#N)cn2)c2nc(C(OC)OC)c(CN3CCN(C)CC3=O)cc21. The molecule has 6 aromatic rings. The van der Waals surface area contributed by atoms with Crippen LogP contribution in [0.15, 0.2) is 55.0 Å². The zero-order valence-corrected chi connectivity index (χ0v) is 61.9. The number of urea groups is 3. The van der Waals surface area contributed by atoms with Gasteiger partial charge in [-0.25, -0.2) is 57.5 Å². The minimum absolute atomic E-state index is 0.00835. The summed E-state index contributed by atoms with van der Waals surface area (Å²) >= 11 is 0. The Morgan fingerprint density at radius 2 is 0.855 bits per heavy atom. The lowest BCUT2D eigenvalue weighted by Crippen LogP contribution is -2.50. The van der Waals surface area contributed by atoms with E-state index in [0.29, 0.717) is 106 Å². The topological polar surface area (TPSA) is 372 Å². The summed E-state index contributed by atoms with van der Waals surface area (Å²) in [6, 6.07) is 11.8. The summed E-state index contributed by atoms with van der Waals surface area (Å²) < 4.78 is 110. The first-order valence-electron chi connectivity index (χ1n) is 37.3. The number of aryl methyl sites for hydroxylation is 3. The zero-order valence-electron chi connectivity index (χ0n) is 65.9. The molecule has 580 valence electrons. The van der Waals surface area contributed by atoms with E-state index in [1.54, 1.807) is 42.3 Å². The van der Waals surface area contributed by atoms with Gasteiger partial charge in [0.1, 0.15) is 104 Å². The van der Waals surface area contributed by atoms with Crippen LogP contribution in [-0.2, 0) is 81.6 Å². The molecule has 0 aromatic carbocycles. The lowest BCUT2D eigenvalue weighted by Gasteiger charge is -2.35. The third-order valence-corrected chi connectivity index (χ3v) is 19.1. The van der Waals surface area contributed by atoms with Crippen LogP contribution in [0.3, 0.4) is 0 Å². The number of fused-ring (bicyclic) bond motifs is 3. The van der Waals surface area contributed by atoms with Crippen LogP contribution >= 0.6 is 0 Å². The number of carbonyl (C=O) groups is 6. The average molecular weight is 1520 g/mol. The van der Waals surface area contributed by atoms with Crippen molar-refractivity contribution < 1.29 is 75.8 Å². The van der Waals surface area contributed by atoms with E-state index < -0.39 is 67.3 Å². The van der Waals surface area contributed by atoms with Gasteiger partial charge in [0.25, 0.3) is 0 Å². The van der Waals surface area contributed by atoms with Crippen LogP contribution in [-0.4, -0.2) is 236 Å². The highest BCUT2D eigenvalue weighted by atomic mass is 19.1. The highest BCUT2D eigenvalue weighted by molar-refractivity contribution is 6.03. The van der Waals surface area contributed by atoms with Gasteiger partial charge in [-0.05, 0) is 117 Å². The predicted molar refractivity (Wildman–Crippen MR) is 390 cm³/mol. The molecule has 0 atom stereocenters. The maximum Gasteiger partial charge on any atom is 0.328 e. The van der Waals surface area contributed by atoms with Gasteiger partial charge in [0.2, 0.25) is 36.6 Å². The molecule has 0 bridgehead atoms. The van der Waals surface area contributed by atoms with Crippen molar-refractivity contribution in [2.45, 2.75) is 95.8 Å². The van der Waals surface area contributed by atoms with Gasteiger partial charge in [-0.1, -0.05) is 0 Å². The quantitative estimate of drug-likeness (QED) is 0.0715. The van der Waals surface area contributed by atoms with Gasteiger partial charge in [0.05, 0.1) is 41.0 Å². The normalized spacial score (nSPS) is 17.9. The Labute approximate surface area is 638 Å². The fraction of sp³-hybridized carbons (Fsp3) is 0.473. The summed E-state index contributed by atoms with van der Waals surface area (Å²) in [6.45, 7) is 3.13. The fourth-order valence-corrected chi connectivity index (χ4v) is 13.2. The highest BCUT2D eigenvalue weighted by Crippen LogP contribution is 2.37. The largest absolute Gasteiger partial charge is 0.350 e. The van der Waals surface area contributed by atoms with Crippen molar-refractivity contribution in [1.82, 2.24) is 59.3 Å². The fourth-order valence-electron chi connectivity index (χ4n) is 13.2. The van der Waals surface area contributed by atoms with Crippen molar-refractivity contribution in [2.24, 2.45) is 0 Å². The van der Waals surface area contributed by atoms with Gasteiger partial charge < -0.3 is 43.1 Å². The number of amides is 9. The highest BCUT2D eigenvalue weighted by Gasteiger charge is 2.38. The molecule has 12 heterocycles. The summed E-state index contributed by atoms with van der Waals surface area (Å²) in [5.41, 5.74) is 3.26. The average Bonchev–Trinajstić information content (AvgIpc) is 0.893. The summed E-state index contributed by atoms with van der Waals surface area (Å²) in [4.78, 5) is 118. The number of hydrogen-bond acceptors (Lipinski definition) is 24. The zero-order chi connectivity index (χ0) is 82.0. The number of rotatable bonds is 19. The molecule has 7 aliphatic rings. The van der Waals surface area contributed by atoms with Gasteiger partial charge in [0.15, 0.2) is 0 Å². The van der Waals surface area contributed by atoms with Crippen molar-refractivity contribution in [3.05, 3.63) is 140 Å². The van der Waals surface area contributed by atoms with Gasteiger partial charge in [-0.15, -0.1) is 0 Å². The van der Waals surface area contributed by atoms with Gasteiger partial charge in [-0.2, -0.15) is 15.8 Å². The summed E-state index contributed by atoms with van der Waals surface area (Å²) in [6.07, 6.45) is 3.28. The molecule has 6 aliphatic heterocycles. The van der Waals surface area contributed by atoms with Crippen LogP contribution in [0.1, 0.15) is 124 Å². The number of likely N-dealkylation sites (N-methyl/N-ethyl adjacent to an activating group) is 2. The smallest absolute Gasteiger partial charge is 0.328 e. The van der Waals surface area contributed by atoms with E-state index in [1.165, 1.54) is 62.3 Å². The third-order valence-electron chi connectivity index (χ3n) is 19.1. The molecule has 1 aliphatic carbocycles. The van der Waals surface area contributed by atoms with E-state index in [0.717, 1.165) is 67.3 Å². The van der Waals surface area contributed by atoms with E-state index in [1.807, 2.05) is 27.8 Å². The molecule has 4 fully saturated rings. The maximum absolute atomic E-state index is 14.0. The standard InChI is InChI=1S/C26H30FN7O4.2C24H28FN7O4/c1-37-25(38-2)23-17(14-33-9-8-32(15-22(33)35)19-5-6-19)10-16-4-3-7-34(24(16)31-23)26(36)30-21-11-20(27)18(12-28)13-29-21;2*1-30-7-8-31(20(33)14-30)13-16-9-15-5-4-6-32(22(15)29-21(16)23(35-2)36-3)24(34)28-19-10-18(25)17(11-26)12-27-19/h10-11,13,19,25H,3-9,14-15H2,1-2H3,(H,29,30,36);2*9-10,12,23H,4-8,13-14H2,1-3H3,(H,27,28,34)/i;13D2;5D2. The number of aromatic nitrogens is 6. The van der Waals surface area contributed by atoms with E-state index in [2.05, 4.69) is 45.8 Å². The Bertz CT molecular complexity index is 4770. The molecule has 13 rings (SSSR count). The number of halogens is 3. The number of anilines is 6. The molecule has 9 amide bonds. The van der Waals surface area contributed by atoms with Crippen LogP contribution in [0.5, 0.6) is 0 Å². The van der Waals surface area contributed by atoms with Gasteiger partial charge in [-0.3, -0.25) is 59.7 Å². The Morgan fingerprint density at radius 3 is 1.23 bits per heavy atom. The number of ether oxygens (including phenoxy) is 6. The number of piperazine rings is 3. The van der Waals surface area contributed by atoms with E-state index in [4.69, 9.17) is 54.7 Å². The summed E-state index contributed by atoms with van der Waals surface area (Å²) in [5.74, 6) is -2.19. The number of pyridine rings is 6. The van der Waals surface area contributed by atoms with Crippen molar-refractivity contribution in [3.8, 4) is 18.2 Å². The molecule has 110 heavy (non-hydrogen) atoms. The number of hydrogen-bond donors (Lipinski definition) is 3. The Hall–Kier alpha value is -11.0. The Kier molecular flexibility index (Phi) is 24.7. The first-order valence-corrected chi connectivity index (χ1v) is 35.3. The number of nitrogens with zero attached hydrogens (tertiary/aromatic N) is 18. The Balaban J connectivity index is 0.000000169. The second kappa shape index (κ2) is 36.5. The number of methoxy groups -OCH3 is 6. The van der Waals surface area contributed by atoms with Crippen LogP contribution in [0.4, 0.5) is 62.5 Å². The summed E-state index contributed by atoms with van der Waals surface area (Å²) in [5, 5.41) is 34.3. The van der Waals surface area contributed by atoms with E-state index in [-0.39, 0.29) is 126 Å². The number of nitrogens with one attached hydrogen (secondary N) is 3. The predicted octanol–water partition coefficient (Wildman–Crippen LogP) is 6.65. The molecule has 33 nitrogen and oxygen atoms in total. The van der Waals surface area contributed by atoms with Crippen LogP contribution in [0.25, 0.3) is 0 Å². The molecule has 36 heteroatoms. The lowest BCUT2D eigenvalue weighted by molar-refractivity contribution is -0.137. The van der Waals surface area contributed by atoms with Crippen LogP contribution in [0.2, 0.25) is 0 Å². The molecule has 0 unspecified atom stereocenters. The van der Waals surface area contributed by atoms with Gasteiger partial charge >= 0.3 is 18.1 Å². The van der Waals surface area contributed by atoms with E-state index in [9.17, 15) is 41.9 Å². The first-order chi connectivity index (χ1) is 54.6. The van der Waals surface area contributed by atoms with Gasteiger partial charge in [0, 0.05) is 148 Å². The van der Waals surface area contributed by atoms with Crippen molar-refractivity contribution in [2.75, 3.05) is 166 Å².